The van der Waals surface area contributed by atoms with Gasteiger partial charge in [-0.1, -0.05) is 26.7 Å². The first kappa shape index (κ1) is 19.4. The van der Waals surface area contributed by atoms with Gasteiger partial charge in [0.15, 0.2) is 0 Å². The van der Waals surface area contributed by atoms with E-state index in [4.69, 9.17) is 5.73 Å². The number of Topliss-reactive ketones (excluding diaryl/α,β-unsaturated/α-hetero) is 1. The first-order chi connectivity index (χ1) is 11.7. The van der Waals surface area contributed by atoms with Crippen LogP contribution in [0.4, 0.5) is 0 Å². The number of carbonyl (C=O) groups is 4. The molecule has 0 saturated heterocycles. The molecule has 7 nitrogen and oxygen atoms in total. The Kier molecular flexibility index (Phi) is 5.85. The third-order valence-corrected chi connectivity index (χ3v) is 5.71. The summed E-state index contributed by atoms with van der Waals surface area (Å²) in [6, 6.07) is -0.700. The van der Waals surface area contributed by atoms with E-state index in [0.29, 0.717) is 19.3 Å². The molecule has 0 aromatic rings. The van der Waals surface area contributed by atoms with Crippen molar-refractivity contribution in [1.82, 2.24) is 10.6 Å². The molecule has 4 N–H and O–H groups in total. The molecular formula is C18H29N3O4. The van der Waals surface area contributed by atoms with Crippen molar-refractivity contribution in [3.05, 3.63) is 0 Å². The molecule has 0 radical (unpaired) electrons. The number of carbonyl (C=O) groups excluding carboxylic acids is 4. The van der Waals surface area contributed by atoms with Gasteiger partial charge in [0.25, 0.3) is 5.91 Å². The van der Waals surface area contributed by atoms with Crippen molar-refractivity contribution in [3.63, 3.8) is 0 Å². The van der Waals surface area contributed by atoms with Gasteiger partial charge in [-0.15, -0.1) is 0 Å². The van der Waals surface area contributed by atoms with E-state index in [1.165, 1.54) is 0 Å². The predicted octanol–water partition coefficient (Wildman–Crippen LogP) is 0.945. The molecule has 2 aliphatic carbocycles. The van der Waals surface area contributed by atoms with Crippen molar-refractivity contribution < 1.29 is 19.2 Å². The molecule has 1 atom stereocenters. The number of nitrogens with two attached hydrogens (primary N) is 1. The standard InChI is InChI=1S/C18H29N3O4/c1-3-13(22)20-12(11-17(2)7-4-5-8-17)16(25)21-18(9-6-10-18)14(23)15(19)24/h12H,3-11H2,1-2H3,(H2,19,24)(H,20,22)(H,21,25). The van der Waals surface area contributed by atoms with Gasteiger partial charge in [0.2, 0.25) is 17.6 Å². The highest BCUT2D eigenvalue weighted by Crippen LogP contribution is 2.41. The second-order valence-electron chi connectivity index (χ2n) is 7.81. The number of hydrogen-bond acceptors (Lipinski definition) is 4. The quantitative estimate of drug-likeness (QED) is 0.564. The third kappa shape index (κ3) is 4.38. The molecule has 2 fully saturated rings. The van der Waals surface area contributed by atoms with Crippen LogP contribution in [0, 0.1) is 5.41 Å². The molecule has 2 aliphatic rings. The minimum absolute atomic E-state index is 0.00347. The lowest BCUT2D eigenvalue weighted by Crippen LogP contribution is -2.65. The fraction of sp³-hybridized carbons (Fsp3) is 0.778. The number of primary amides is 1. The van der Waals surface area contributed by atoms with Crippen LogP contribution in [-0.2, 0) is 19.2 Å². The van der Waals surface area contributed by atoms with E-state index in [-0.39, 0.29) is 17.7 Å². The van der Waals surface area contributed by atoms with Gasteiger partial charge >= 0.3 is 0 Å². The van der Waals surface area contributed by atoms with Crippen molar-refractivity contribution in [1.29, 1.82) is 0 Å². The fourth-order valence-electron chi connectivity index (χ4n) is 3.93. The van der Waals surface area contributed by atoms with Gasteiger partial charge < -0.3 is 16.4 Å². The van der Waals surface area contributed by atoms with Crippen LogP contribution in [0.3, 0.4) is 0 Å². The van der Waals surface area contributed by atoms with E-state index in [1.807, 2.05) is 0 Å². The van der Waals surface area contributed by atoms with Crippen LogP contribution in [0.25, 0.3) is 0 Å². The Balaban J connectivity index is 2.12. The molecule has 140 valence electrons. The summed E-state index contributed by atoms with van der Waals surface area (Å²) >= 11 is 0. The Hall–Kier alpha value is -1.92. The smallest absolute Gasteiger partial charge is 0.287 e. The molecule has 0 bridgehead atoms. The van der Waals surface area contributed by atoms with Crippen LogP contribution in [0.15, 0.2) is 0 Å². The van der Waals surface area contributed by atoms with Crippen LogP contribution in [0.2, 0.25) is 0 Å². The lowest BCUT2D eigenvalue weighted by molar-refractivity contribution is -0.145. The Morgan fingerprint density at radius 1 is 1.04 bits per heavy atom. The van der Waals surface area contributed by atoms with Gasteiger partial charge in [0.05, 0.1) is 0 Å². The summed E-state index contributed by atoms with van der Waals surface area (Å²) in [5.41, 5.74) is 3.95. The van der Waals surface area contributed by atoms with Crippen LogP contribution in [0.1, 0.15) is 71.6 Å². The number of rotatable bonds is 8. The van der Waals surface area contributed by atoms with E-state index in [9.17, 15) is 19.2 Å². The van der Waals surface area contributed by atoms with Gasteiger partial charge in [-0.3, -0.25) is 19.2 Å². The van der Waals surface area contributed by atoms with Crippen molar-refractivity contribution >= 4 is 23.5 Å². The number of hydrogen-bond donors (Lipinski definition) is 3. The highest BCUT2D eigenvalue weighted by molar-refractivity contribution is 6.39. The van der Waals surface area contributed by atoms with Crippen LogP contribution in [-0.4, -0.2) is 35.1 Å². The van der Waals surface area contributed by atoms with Gasteiger partial charge in [-0.05, 0) is 43.9 Å². The second-order valence-corrected chi connectivity index (χ2v) is 7.81. The van der Waals surface area contributed by atoms with E-state index in [1.54, 1.807) is 6.92 Å². The summed E-state index contributed by atoms with van der Waals surface area (Å²) < 4.78 is 0. The van der Waals surface area contributed by atoms with Crippen molar-refractivity contribution in [2.45, 2.75) is 83.2 Å². The molecule has 2 rings (SSSR count). The molecule has 0 aromatic heterocycles. The van der Waals surface area contributed by atoms with Crippen LogP contribution >= 0.6 is 0 Å². The molecule has 0 aliphatic heterocycles. The van der Waals surface area contributed by atoms with Gasteiger partial charge in [0, 0.05) is 6.42 Å². The summed E-state index contributed by atoms with van der Waals surface area (Å²) in [6.07, 6.45) is 6.67. The largest absolute Gasteiger partial charge is 0.363 e. The zero-order valence-electron chi connectivity index (χ0n) is 15.2. The normalized spacial score (nSPS) is 21.7. The minimum Gasteiger partial charge on any atom is -0.363 e. The minimum atomic E-state index is -1.19. The molecule has 0 spiro atoms. The average Bonchev–Trinajstić information content (AvgIpc) is 2.95. The molecule has 3 amide bonds. The Morgan fingerprint density at radius 2 is 1.64 bits per heavy atom. The number of amides is 3. The zero-order chi connectivity index (χ0) is 18.7. The Labute approximate surface area is 148 Å². The maximum Gasteiger partial charge on any atom is 0.287 e. The number of ketones is 1. The summed E-state index contributed by atoms with van der Waals surface area (Å²) in [7, 11) is 0. The van der Waals surface area contributed by atoms with Gasteiger partial charge in [0.1, 0.15) is 11.6 Å². The van der Waals surface area contributed by atoms with Crippen molar-refractivity contribution in [2.75, 3.05) is 0 Å². The highest BCUT2D eigenvalue weighted by atomic mass is 16.2. The molecule has 25 heavy (non-hydrogen) atoms. The van der Waals surface area contributed by atoms with Crippen molar-refractivity contribution in [3.8, 4) is 0 Å². The maximum absolute atomic E-state index is 12.8. The van der Waals surface area contributed by atoms with Gasteiger partial charge in [-0.2, -0.15) is 0 Å². The molecule has 7 heteroatoms. The first-order valence-electron chi connectivity index (χ1n) is 9.17. The monoisotopic (exact) mass is 351 g/mol. The predicted molar refractivity (Wildman–Crippen MR) is 92.3 cm³/mol. The van der Waals surface area contributed by atoms with E-state index in [2.05, 4.69) is 17.6 Å². The summed E-state index contributed by atoms with van der Waals surface area (Å²) in [5, 5.41) is 5.51. The summed E-state index contributed by atoms with van der Waals surface area (Å²) in [4.78, 5) is 48.1. The average molecular weight is 351 g/mol. The van der Waals surface area contributed by atoms with Crippen LogP contribution in [0.5, 0.6) is 0 Å². The third-order valence-electron chi connectivity index (χ3n) is 5.71. The second kappa shape index (κ2) is 7.54. The van der Waals surface area contributed by atoms with Gasteiger partial charge in [-0.25, -0.2) is 0 Å². The summed E-state index contributed by atoms with van der Waals surface area (Å²) in [5.74, 6) is -2.38. The number of nitrogens with one attached hydrogen (secondary N) is 2. The molecule has 0 aromatic carbocycles. The van der Waals surface area contributed by atoms with E-state index in [0.717, 1.165) is 32.1 Å². The topological polar surface area (TPSA) is 118 Å². The van der Waals surface area contributed by atoms with Crippen LogP contribution < -0.4 is 16.4 Å². The Bertz CT molecular complexity index is 563. The molecule has 0 heterocycles. The molecule has 2 saturated carbocycles. The fourth-order valence-corrected chi connectivity index (χ4v) is 3.93. The molecular weight excluding hydrogens is 322 g/mol. The maximum atomic E-state index is 12.8. The highest BCUT2D eigenvalue weighted by Gasteiger charge is 2.48. The SMILES string of the molecule is CCC(=O)NC(CC1(C)CCCC1)C(=O)NC1(C(=O)C(N)=O)CCC1. The lowest BCUT2D eigenvalue weighted by atomic mass is 9.72. The summed E-state index contributed by atoms with van der Waals surface area (Å²) in [6.45, 7) is 3.86. The first-order valence-corrected chi connectivity index (χ1v) is 9.17. The molecule has 1 unspecified atom stereocenters. The zero-order valence-corrected chi connectivity index (χ0v) is 15.2. The van der Waals surface area contributed by atoms with Crippen molar-refractivity contribution in [2.24, 2.45) is 11.1 Å². The Morgan fingerprint density at radius 3 is 2.08 bits per heavy atom. The van der Waals surface area contributed by atoms with E-state index < -0.39 is 29.2 Å². The van der Waals surface area contributed by atoms with E-state index >= 15 is 0 Å². The lowest BCUT2D eigenvalue weighted by Gasteiger charge is -2.41.